The summed E-state index contributed by atoms with van der Waals surface area (Å²) in [4.78, 5) is 17.8. The van der Waals surface area contributed by atoms with Gasteiger partial charge in [-0.25, -0.2) is 0 Å². The predicted molar refractivity (Wildman–Crippen MR) is 124 cm³/mol. The Morgan fingerprint density at radius 1 is 0.968 bits per heavy atom. The molecule has 0 spiro atoms. The van der Waals surface area contributed by atoms with E-state index in [0.29, 0.717) is 29.9 Å². The molecule has 166 valence electrons. The lowest BCUT2D eigenvalue weighted by Crippen LogP contribution is -2.44. The summed E-state index contributed by atoms with van der Waals surface area (Å²) in [5.74, 6) is 0.787. The summed E-state index contributed by atoms with van der Waals surface area (Å²) < 4.78 is 6.04. The van der Waals surface area contributed by atoms with Gasteiger partial charge in [0, 0.05) is 24.2 Å². The Hall–Kier alpha value is -2.53. The highest BCUT2D eigenvalue weighted by Crippen LogP contribution is 2.39. The van der Waals surface area contributed by atoms with Gasteiger partial charge >= 0.3 is 0 Å². The molecule has 0 aromatic heterocycles. The fourth-order valence-corrected chi connectivity index (χ4v) is 5.00. The van der Waals surface area contributed by atoms with E-state index in [1.807, 2.05) is 35.2 Å². The van der Waals surface area contributed by atoms with Crippen LogP contribution in [0.2, 0.25) is 0 Å². The standard InChI is InChI=1S/C26H34N2O3/c1-19-10-8-11-20(2)27(19)16-6-3-7-17-28-23-14-4-5-15-24(23)31-25(26(28)30)21-12-9-13-22(29)18-21/h4-5,9,12-15,18-20,25,29H,3,6-8,10-11,16-17H2,1-2H3/t19-,20+,25?. The first-order valence-corrected chi connectivity index (χ1v) is 11.7. The van der Waals surface area contributed by atoms with Crippen LogP contribution >= 0.6 is 0 Å². The van der Waals surface area contributed by atoms with Crippen LogP contribution in [0.3, 0.4) is 0 Å². The minimum Gasteiger partial charge on any atom is -0.508 e. The maximum atomic E-state index is 13.3. The molecule has 2 aliphatic rings. The summed E-state index contributed by atoms with van der Waals surface area (Å²) in [6.45, 7) is 6.52. The summed E-state index contributed by atoms with van der Waals surface area (Å²) in [6, 6.07) is 15.9. The number of rotatable bonds is 7. The number of likely N-dealkylation sites (tertiary alicyclic amines) is 1. The molecule has 0 aliphatic carbocycles. The van der Waals surface area contributed by atoms with Gasteiger partial charge < -0.3 is 14.7 Å². The lowest BCUT2D eigenvalue weighted by atomic mass is 9.97. The number of hydrogen-bond acceptors (Lipinski definition) is 4. The maximum Gasteiger partial charge on any atom is 0.272 e. The Bertz CT molecular complexity index is 890. The summed E-state index contributed by atoms with van der Waals surface area (Å²) in [7, 11) is 0. The molecule has 2 heterocycles. The van der Waals surface area contributed by atoms with Crippen molar-refractivity contribution in [3.05, 3.63) is 54.1 Å². The highest BCUT2D eigenvalue weighted by Gasteiger charge is 2.35. The summed E-state index contributed by atoms with van der Waals surface area (Å²) >= 11 is 0. The molecule has 0 bridgehead atoms. The van der Waals surface area contributed by atoms with Crippen LogP contribution in [0.15, 0.2) is 48.5 Å². The van der Waals surface area contributed by atoms with Gasteiger partial charge in [-0.2, -0.15) is 0 Å². The third kappa shape index (κ3) is 4.87. The Labute approximate surface area is 185 Å². The molecule has 1 amide bonds. The van der Waals surface area contributed by atoms with Crippen LogP contribution in [0.5, 0.6) is 11.5 Å². The molecule has 3 atom stereocenters. The minimum absolute atomic E-state index is 0.0671. The molecular formula is C26H34N2O3. The lowest BCUT2D eigenvalue weighted by molar-refractivity contribution is -0.126. The molecule has 2 aliphatic heterocycles. The number of anilines is 1. The lowest BCUT2D eigenvalue weighted by Gasteiger charge is -2.39. The molecule has 1 fully saturated rings. The zero-order valence-electron chi connectivity index (χ0n) is 18.7. The van der Waals surface area contributed by atoms with Crippen molar-refractivity contribution >= 4 is 11.6 Å². The zero-order valence-corrected chi connectivity index (χ0v) is 18.7. The van der Waals surface area contributed by atoms with Crippen LogP contribution in [0.4, 0.5) is 5.69 Å². The number of hydrogen-bond donors (Lipinski definition) is 1. The molecule has 5 nitrogen and oxygen atoms in total. The molecule has 4 rings (SSSR count). The fraction of sp³-hybridized carbons (Fsp3) is 0.500. The van der Waals surface area contributed by atoms with Gasteiger partial charge in [-0.05, 0) is 70.3 Å². The van der Waals surface area contributed by atoms with E-state index < -0.39 is 6.10 Å². The summed E-state index contributed by atoms with van der Waals surface area (Å²) in [6.07, 6.45) is 6.45. The van der Waals surface area contributed by atoms with Crippen LogP contribution in [-0.2, 0) is 4.79 Å². The van der Waals surface area contributed by atoms with E-state index >= 15 is 0 Å². The van der Waals surface area contributed by atoms with E-state index in [1.165, 1.54) is 19.3 Å². The zero-order chi connectivity index (χ0) is 21.8. The average Bonchev–Trinajstić information content (AvgIpc) is 2.76. The number of para-hydroxylation sites is 2. The van der Waals surface area contributed by atoms with Crippen LogP contribution in [0.25, 0.3) is 0 Å². The normalized spacial score (nSPS) is 24.0. The van der Waals surface area contributed by atoms with E-state index in [1.54, 1.807) is 18.2 Å². The number of carbonyl (C=O) groups is 1. The van der Waals surface area contributed by atoms with Crippen LogP contribution in [-0.4, -0.2) is 41.1 Å². The van der Waals surface area contributed by atoms with Crippen LogP contribution in [0, 0.1) is 0 Å². The third-order valence-corrected chi connectivity index (χ3v) is 6.74. The molecule has 2 aromatic carbocycles. The second kappa shape index (κ2) is 9.73. The van der Waals surface area contributed by atoms with Crippen molar-refractivity contribution in [2.75, 3.05) is 18.0 Å². The number of carbonyl (C=O) groups excluding carboxylic acids is 1. The second-order valence-electron chi connectivity index (χ2n) is 8.98. The van der Waals surface area contributed by atoms with Crippen molar-refractivity contribution in [2.24, 2.45) is 0 Å². The van der Waals surface area contributed by atoms with Crippen molar-refractivity contribution < 1.29 is 14.6 Å². The predicted octanol–water partition coefficient (Wildman–Crippen LogP) is 5.29. The van der Waals surface area contributed by atoms with Crippen molar-refractivity contribution in [1.29, 1.82) is 0 Å². The first-order valence-electron chi connectivity index (χ1n) is 11.7. The number of benzene rings is 2. The smallest absolute Gasteiger partial charge is 0.272 e. The monoisotopic (exact) mass is 422 g/mol. The highest BCUT2D eigenvalue weighted by molar-refractivity contribution is 6.00. The fourth-order valence-electron chi connectivity index (χ4n) is 5.00. The Balaban J connectivity index is 1.39. The van der Waals surface area contributed by atoms with Gasteiger partial charge in [-0.15, -0.1) is 0 Å². The second-order valence-corrected chi connectivity index (χ2v) is 8.98. The van der Waals surface area contributed by atoms with E-state index in [-0.39, 0.29) is 11.7 Å². The van der Waals surface area contributed by atoms with Crippen molar-refractivity contribution in [1.82, 2.24) is 4.90 Å². The van der Waals surface area contributed by atoms with Gasteiger partial charge in [0.2, 0.25) is 6.10 Å². The number of piperidine rings is 1. The van der Waals surface area contributed by atoms with Crippen molar-refractivity contribution in [3.8, 4) is 11.5 Å². The topological polar surface area (TPSA) is 53.0 Å². The molecule has 0 radical (unpaired) electrons. The molecule has 1 saturated heterocycles. The summed E-state index contributed by atoms with van der Waals surface area (Å²) in [5.41, 5.74) is 1.51. The van der Waals surface area contributed by atoms with E-state index in [9.17, 15) is 9.90 Å². The van der Waals surface area contributed by atoms with Crippen LogP contribution < -0.4 is 9.64 Å². The largest absolute Gasteiger partial charge is 0.508 e. The van der Waals surface area contributed by atoms with Gasteiger partial charge in [0.25, 0.3) is 5.91 Å². The number of nitrogens with zero attached hydrogens (tertiary/aromatic N) is 2. The molecule has 31 heavy (non-hydrogen) atoms. The van der Waals surface area contributed by atoms with Gasteiger partial charge in [0.15, 0.2) is 0 Å². The average molecular weight is 423 g/mol. The van der Waals surface area contributed by atoms with Crippen molar-refractivity contribution in [3.63, 3.8) is 0 Å². The Kier molecular flexibility index (Phi) is 6.81. The minimum atomic E-state index is -0.725. The van der Waals surface area contributed by atoms with E-state index in [2.05, 4.69) is 18.7 Å². The molecule has 1 N–H and O–H groups in total. The number of aromatic hydroxyl groups is 1. The molecular weight excluding hydrogens is 388 g/mol. The molecule has 1 unspecified atom stereocenters. The first-order chi connectivity index (χ1) is 15.0. The van der Waals surface area contributed by atoms with Gasteiger partial charge in [-0.3, -0.25) is 9.69 Å². The number of phenols is 1. The number of amides is 1. The maximum absolute atomic E-state index is 13.3. The number of ether oxygens (including phenoxy) is 1. The molecule has 5 heteroatoms. The molecule has 2 aromatic rings. The van der Waals surface area contributed by atoms with E-state index in [0.717, 1.165) is 31.5 Å². The van der Waals surface area contributed by atoms with Crippen molar-refractivity contribution in [2.45, 2.75) is 70.6 Å². The Morgan fingerprint density at radius 2 is 1.71 bits per heavy atom. The Morgan fingerprint density at radius 3 is 2.48 bits per heavy atom. The number of fused-ring (bicyclic) bond motifs is 1. The quantitative estimate of drug-likeness (QED) is 0.616. The third-order valence-electron chi connectivity index (χ3n) is 6.74. The number of unbranched alkanes of at least 4 members (excludes halogenated alkanes) is 2. The first kappa shape index (κ1) is 21.7. The van der Waals surface area contributed by atoms with Gasteiger partial charge in [-0.1, -0.05) is 37.1 Å². The van der Waals surface area contributed by atoms with Crippen LogP contribution in [0.1, 0.15) is 64.0 Å². The number of phenolic OH excluding ortho intramolecular Hbond substituents is 1. The van der Waals surface area contributed by atoms with Gasteiger partial charge in [0.05, 0.1) is 5.69 Å². The van der Waals surface area contributed by atoms with Gasteiger partial charge in [0.1, 0.15) is 11.5 Å². The van der Waals surface area contributed by atoms with E-state index in [4.69, 9.17) is 4.74 Å². The molecule has 0 saturated carbocycles. The summed E-state index contributed by atoms with van der Waals surface area (Å²) in [5, 5.41) is 9.85. The highest BCUT2D eigenvalue weighted by atomic mass is 16.5. The SMILES string of the molecule is C[C@@H]1CCC[C@H](C)N1CCCCCN1C(=O)C(c2cccc(O)c2)Oc2ccccc21.